The minimum atomic E-state index is 0.473. The molecule has 0 bridgehead atoms. The van der Waals surface area contributed by atoms with Gasteiger partial charge in [-0.2, -0.15) is 0 Å². The molecule has 94 valence electrons. The third-order valence-electron chi connectivity index (χ3n) is 4.72. The van der Waals surface area contributed by atoms with E-state index in [2.05, 4.69) is 30.8 Å². The monoisotopic (exact) mass is 225 g/mol. The molecule has 1 heterocycles. The van der Waals surface area contributed by atoms with Crippen LogP contribution in [0, 0.1) is 11.3 Å². The zero-order valence-electron chi connectivity index (χ0n) is 11.1. The predicted octanol–water partition coefficient (Wildman–Crippen LogP) is 0.997. The first-order valence-electron chi connectivity index (χ1n) is 6.65. The van der Waals surface area contributed by atoms with Gasteiger partial charge >= 0.3 is 0 Å². The average molecular weight is 225 g/mol. The SMILES string of the molecule is CC1CN(CC2(CN)CCC2)CC1N(C)C. The maximum Gasteiger partial charge on any atom is 0.0254 e. The van der Waals surface area contributed by atoms with E-state index in [0.29, 0.717) is 5.41 Å². The van der Waals surface area contributed by atoms with E-state index in [0.717, 1.165) is 18.5 Å². The third kappa shape index (κ3) is 2.27. The summed E-state index contributed by atoms with van der Waals surface area (Å²) in [7, 11) is 4.40. The van der Waals surface area contributed by atoms with Crippen LogP contribution in [0.15, 0.2) is 0 Å². The van der Waals surface area contributed by atoms with Gasteiger partial charge in [-0.05, 0) is 44.8 Å². The summed E-state index contributed by atoms with van der Waals surface area (Å²) in [6, 6.07) is 0.731. The molecular weight excluding hydrogens is 198 g/mol. The second kappa shape index (κ2) is 4.63. The van der Waals surface area contributed by atoms with Crippen LogP contribution in [0.3, 0.4) is 0 Å². The highest BCUT2D eigenvalue weighted by Gasteiger charge is 2.40. The molecule has 2 aliphatic rings. The minimum absolute atomic E-state index is 0.473. The summed E-state index contributed by atoms with van der Waals surface area (Å²) in [6.07, 6.45) is 4.08. The van der Waals surface area contributed by atoms with Crippen LogP contribution in [-0.2, 0) is 0 Å². The number of rotatable bonds is 4. The second-order valence-corrected chi connectivity index (χ2v) is 6.26. The molecule has 3 nitrogen and oxygen atoms in total. The fourth-order valence-corrected chi connectivity index (χ4v) is 3.43. The molecule has 2 N–H and O–H groups in total. The molecule has 0 aromatic carbocycles. The molecular formula is C13H27N3. The molecule has 1 saturated carbocycles. The molecule has 0 aromatic heterocycles. The topological polar surface area (TPSA) is 32.5 Å². The van der Waals surface area contributed by atoms with Crippen molar-refractivity contribution in [3.05, 3.63) is 0 Å². The van der Waals surface area contributed by atoms with Crippen molar-refractivity contribution in [1.82, 2.24) is 9.80 Å². The Morgan fingerprint density at radius 3 is 2.38 bits per heavy atom. The van der Waals surface area contributed by atoms with Gasteiger partial charge < -0.3 is 15.5 Å². The van der Waals surface area contributed by atoms with E-state index < -0.39 is 0 Å². The zero-order valence-corrected chi connectivity index (χ0v) is 11.1. The Labute approximate surface area is 100.0 Å². The number of hydrogen-bond acceptors (Lipinski definition) is 3. The van der Waals surface area contributed by atoms with E-state index in [4.69, 9.17) is 5.73 Å². The van der Waals surface area contributed by atoms with E-state index in [1.807, 2.05) is 0 Å². The maximum absolute atomic E-state index is 5.94. The van der Waals surface area contributed by atoms with Crippen molar-refractivity contribution in [3.63, 3.8) is 0 Å². The Hall–Kier alpha value is -0.120. The normalized spacial score (nSPS) is 34.3. The predicted molar refractivity (Wildman–Crippen MR) is 68.4 cm³/mol. The lowest BCUT2D eigenvalue weighted by Crippen LogP contribution is -2.47. The number of likely N-dealkylation sites (tertiary alicyclic amines) is 1. The molecule has 2 rings (SSSR count). The Bertz CT molecular complexity index is 230. The largest absolute Gasteiger partial charge is 0.330 e. The van der Waals surface area contributed by atoms with E-state index in [1.165, 1.54) is 38.9 Å². The first kappa shape index (κ1) is 12.3. The van der Waals surface area contributed by atoms with E-state index in [1.54, 1.807) is 0 Å². The quantitative estimate of drug-likeness (QED) is 0.775. The summed E-state index contributed by atoms with van der Waals surface area (Å²) in [6.45, 7) is 6.98. The third-order valence-corrected chi connectivity index (χ3v) is 4.72. The van der Waals surface area contributed by atoms with E-state index in [9.17, 15) is 0 Å². The molecule has 1 aliphatic heterocycles. The number of nitrogens with two attached hydrogens (primary N) is 1. The smallest absolute Gasteiger partial charge is 0.0254 e. The van der Waals surface area contributed by atoms with Crippen molar-refractivity contribution in [2.75, 3.05) is 40.3 Å². The Morgan fingerprint density at radius 1 is 1.31 bits per heavy atom. The molecule has 1 aliphatic carbocycles. The summed E-state index contributed by atoms with van der Waals surface area (Å²) in [5, 5.41) is 0. The molecule has 1 saturated heterocycles. The number of likely N-dealkylation sites (N-methyl/N-ethyl adjacent to an activating group) is 1. The highest BCUT2D eigenvalue weighted by atomic mass is 15.2. The van der Waals surface area contributed by atoms with Crippen molar-refractivity contribution < 1.29 is 0 Å². The van der Waals surface area contributed by atoms with Crippen molar-refractivity contribution in [2.24, 2.45) is 17.1 Å². The molecule has 0 spiro atoms. The molecule has 16 heavy (non-hydrogen) atoms. The maximum atomic E-state index is 5.94. The summed E-state index contributed by atoms with van der Waals surface area (Å²) < 4.78 is 0. The van der Waals surface area contributed by atoms with Crippen molar-refractivity contribution in [2.45, 2.75) is 32.2 Å². The summed E-state index contributed by atoms with van der Waals surface area (Å²) >= 11 is 0. The van der Waals surface area contributed by atoms with Crippen LogP contribution >= 0.6 is 0 Å². The number of nitrogens with zero attached hydrogens (tertiary/aromatic N) is 2. The van der Waals surface area contributed by atoms with Gasteiger partial charge in [0.25, 0.3) is 0 Å². The van der Waals surface area contributed by atoms with Crippen LogP contribution in [0.2, 0.25) is 0 Å². The van der Waals surface area contributed by atoms with Crippen molar-refractivity contribution in [3.8, 4) is 0 Å². The average Bonchev–Trinajstić information content (AvgIpc) is 2.53. The standard InChI is InChI=1S/C13H27N3/c1-11-7-16(8-12(11)15(2)3)10-13(9-14)5-4-6-13/h11-12H,4-10,14H2,1-3H3. The summed E-state index contributed by atoms with van der Waals surface area (Å²) in [5.74, 6) is 0.796. The fourth-order valence-electron chi connectivity index (χ4n) is 3.43. The zero-order chi connectivity index (χ0) is 11.8. The molecule has 2 unspecified atom stereocenters. The van der Waals surface area contributed by atoms with Crippen LogP contribution in [0.25, 0.3) is 0 Å². The van der Waals surface area contributed by atoms with Gasteiger partial charge in [0, 0.05) is 25.7 Å². The Morgan fingerprint density at radius 2 is 2.00 bits per heavy atom. The second-order valence-electron chi connectivity index (χ2n) is 6.26. The highest BCUT2D eigenvalue weighted by Crippen LogP contribution is 2.41. The first-order chi connectivity index (χ1) is 7.56. The lowest BCUT2D eigenvalue weighted by Gasteiger charge is -2.43. The first-order valence-corrected chi connectivity index (χ1v) is 6.65. The molecule has 0 aromatic rings. The van der Waals surface area contributed by atoms with Crippen LogP contribution < -0.4 is 5.73 Å². The van der Waals surface area contributed by atoms with Gasteiger partial charge in [0.15, 0.2) is 0 Å². The van der Waals surface area contributed by atoms with Gasteiger partial charge in [-0.1, -0.05) is 13.3 Å². The Kier molecular flexibility index (Phi) is 3.57. The van der Waals surface area contributed by atoms with Gasteiger partial charge in [-0.15, -0.1) is 0 Å². The highest BCUT2D eigenvalue weighted by molar-refractivity contribution is 4.95. The van der Waals surface area contributed by atoms with Crippen LogP contribution in [0.1, 0.15) is 26.2 Å². The van der Waals surface area contributed by atoms with Gasteiger partial charge in [-0.25, -0.2) is 0 Å². The van der Waals surface area contributed by atoms with Gasteiger partial charge in [0.2, 0.25) is 0 Å². The van der Waals surface area contributed by atoms with Crippen LogP contribution in [-0.4, -0.2) is 56.1 Å². The molecule has 2 fully saturated rings. The van der Waals surface area contributed by atoms with Gasteiger partial charge in [0.05, 0.1) is 0 Å². The minimum Gasteiger partial charge on any atom is -0.330 e. The van der Waals surface area contributed by atoms with Crippen LogP contribution in [0.5, 0.6) is 0 Å². The van der Waals surface area contributed by atoms with Crippen LogP contribution in [0.4, 0.5) is 0 Å². The van der Waals surface area contributed by atoms with E-state index in [-0.39, 0.29) is 0 Å². The van der Waals surface area contributed by atoms with Crippen molar-refractivity contribution in [1.29, 1.82) is 0 Å². The molecule has 0 radical (unpaired) electrons. The summed E-state index contributed by atoms with van der Waals surface area (Å²) in [5.41, 5.74) is 6.41. The van der Waals surface area contributed by atoms with E-state index >= 15 is 0 Å². The lowest BCUT2D eigenvalue weighted by atomic mass is 9.68. The Balaban J connectivity index is 1.88. The molecule has 3 heteroatoms. The number of hydrogen-bond donors (Lipinski definition) is 1. The lowest BCUT2D eigenvalue weighted by molar-refractivity contribution is 0.0831. The molecule has 2 atom stereocenters. The molecule has 0 amide bonds. The van der Waals surface area contributed by atoms with Gasteiger partial charge in [0.1, 0.15) is 0 Å². The summed E-state index contributed by atoms with van der Waals surface area (Å²) in [4.78, 5) is 5.02. The van der Waals surface area contributed by atoms with Gasteiger partial charge in [-0.3, -0.25) is 0 Å². The fraction of sp³-hybridized carbons (Fsp3) is 1.00. The van der Waals surface area contributed by atoms with Crippen molar-refractivity contribution >= 4 is 0 Å².